The number of carbonyl (C=O) groups is 1. The lowest BCUT2D eigenvalue weighted by Crippen LogP contribution is -2.32. The molecule has 0 aliphatic rings. The van der Waals surface area contributed by atoms with Gasteiger partial charge in [0.15, 0.2) is 11.5 Å². The van der Waals surface area contributed by atoms with Crippen molar-refractivity contribution in [3.8, 4) is 11.5 Å². The molecule has 10 heteroatoms. The van der Waals surface area contributed by atoms with Crippen LogP contribution in [-0.4, -0.2) is 34.8 Å². The summed E-state index contributed by atoms with van der Waals surface area (Å²) in [6.07, 6.45) is 0.991. The normalized spacial score (nSPS) is 11.1. The molecule has 1 N–H and O–H groups in total. The van der Waals surface area contributed by atoms with E-state index in [1.807, 2.05) is 12.1 Å². The van der Waals surface area contributed by atoms with Crippen LogP contribution < -0.4 is 19.1 Å². The van der Waals surface area contributed by atoms with Gasteiger partial charge < -0.3 is 14.8 Å². The van der Waals surface area contributed by atoms with Crippen LogP contribution in [0.2, 0.25) is 0 Å². The van der Waals surface area contributed by atoms with Gasteiger partial charge >= 0.3 is 0 Å². The maximum absolute atomic E-state index is 14.4. The van der Waals surface area contributed by atoms with Gasteiger partial charge in [0.2, 0.25) is 10.0 Å². The molecule has 0 aliphatic carbocycles. The molecule has 3 aromatic rings. The third-order valence-electron chi connectivity index (χ3n) is 4.79. The van der Waals surface area contributed by atoms with Gasteiger partial charge in [-0.05, 0) is 59.0 Å². The second kappa shape index (κ2) is 10.4. The van der Waals surface area contributed by atoms with Crippen LogP contribution in [-0.2, 0) is 16.6 Å². The Labute approximate surface area is 205 Å². The van der Waals surface area contributed by atoms with Crippen molar-refractivity contribution in [3.05, 3.63) is 81.2 Å². The van der Waals surface area contributed by atoms with Crippen LogP contribution in [0.15, 0.2) is 60.7 Å². The highest BCUT2D eigenvalue weighted by molar-refractivity contribution is 14.1. The van der Waals surface area contributed by atoms with Gasteiger partial charge in [0.1, 0.15) is 5.82 Å². The standard InChI is InChI=1S/C23H22FIN2O5S/c1-31-21-12-18(23(28)26-17-10-8-16(25)9-11-17)20(13-22(21)32-2)27(33(3,29)30)14-15-6-4-5-7-19(15)24/h4-13H,14H2,1-3H3,(H,26,28). The predicted octanol–water partition coefficient (Wildman–Crippen LogP) is 4.67. The van der Waals surface area contributed by atoms with E-state index in [-0.39, 0.29) is 34.9 Å². The van der Waals surface area contributed by atoms with Gasteiger partial charge in [0.05, 0.1) is 38.3 Å². The van der Waals surface area contributed by atoms with Crippen LogP contribution in [0.1, 0.15) is 15.9 Å². The van der Waals surface area contributed by atoms with Gasteiger partial charge in [-0.3, -0.25) is 9.10 Å². The first-order valence-electron chi connectivity index (χ1n) is 9.68. The number of nitrogens with zero attached hydrogens (tertiary/aromatic N) is 1. The van der Waals surface area contributed by atoms with E-state index < -0.39 is 21.7 Å². The number of hydrogen-bond acceptors (Lipinski definition) is 5. The Bertz CT molecular complexity index is 1270. The van der Waals surface area contributed by atoms with E-state index in [4.69, 9.17) is 9.47 Å². The molecule has 33 heavy (non-hydrogen) atoms. The molecular weight excluding hydrogens is 562 g/mol. The molecule has 1 amide bonds. The van der Waals surface area contributed by atoms with E-state index >= 15 is 0 Å². The van der Waals surface area contributed by atoms with Crippen molar-refractivity contribution >= 4 is 49.9 Å². The summed E-state index contributed by atoms with van der Waals surface area (Å²) in [6.45, 7) is -0.315. The largest absolute Gasteiger partial charge is 0.493 e. The van der Waals surface area contributed by atoms with Crippen LogP contribution >= 0.6 is 22.6 Å². The second-order valence-corrected chi connectivity index (χ2v) is 10.2. The van der Waals surface area contributed by atoms with Gasteiger partial charge in [-0.2, -0.15) is 0 Å². The fourth-order valence-corrected chi connectivity index (χ4v) is 4.39. The maximum Gasteiger partial charge on any atom is 0.257 e. The Morgan fingerprint density at radius 1 is 1.03 bits per heavy atom. The SMILES string of the molecule is COc1cc(C(=O)Nc2ccc(I)cc2)c(N(Cc2ccccc2F)S(C)(=O)=O)cc1OC. The van der Waals surface area contributed by atoms with E-state index in [1.54, 1.807) is 18.2 Å². The smallest absolute Gasteiger partial charge is 0.257 e. The lowest BCUT2D eigenvalue weighted by atomic mass is 10.1. The molecule has 0 saturated heterocycles. The summed E-state index contributed by atoms with van der Waals surface area (Å²) in [6, 6.07) is 15.8. The number of hydrogen-bond donors (Lipinski definition) is 1. The molecule has 0 radical (unpaired) electrons. The summed E-state index contributed by atoms with van der Waals surface area (Å²) in [4.78, 5) is 13.2. The average molecular weight is 584 g/mol. The molecule has 7 nitrogen and oxygen atoms in total. The molecule has 0 aliphatic heterocycles. The minimum atomic E-state index is -3.92. The minimum absolute atomic E-state index is 0.0213. The first-order chi connectivity index (χ1) is 15.6. The maximum atomic E-state index is 14.4. The number of anilines is 2. The summed E-state index contributed by atoms with van der Waals surface area (Å²) in [5, 5.41) is 2.76. The quantitative estimate of drug-likeness (QED) is 0.390. The van der Waals surface area contributed by atoms with Gasteiger partial charge in [0.25, 0.3) is 5.91 Å². The molecule has 0 saturated carbocycles. The molecular formula is C23H22FIN2O5S. The van der Waals surface area contributed by atoms with Gasteiger partial charge in [-0.25, -0.2) is 12.8 Å². The Morgan fingerprint density at radius 3 is 2.21 bits per heavy atom. The Morgan fingerprint density at radius 2 is 1.64 bits per heavy atom. The van der Waals surface area contributed by atoms with Crippen molar-refractivity contribution < 1.29 is 27.1 Å². The number of methoxy groups -OCH3 is 2. The highest BCUT2D eigenvalue weighted by Gasteiger charge is 2.27. The number of sulfonamides is 1. The second-order valence-electron chi connectivity index (χ2n) is 7.05. The molecule has 0 unspecified atom stereocenters. The van der Waals surface area contributed by atoms with E-state index in [1.165, 1.54) is 44.6 Å². The van der Waals surface area contributed by atoms with Crippen LogP contribution in [0.25, 0.3) is 0 Å². The van der Waals surface area contributed by atoms with Crippen molar-refractivity contribution in [1.29, 1.82) is 0 Å². The third kappa shape index (κ3) is 5.93. The number of nitrogens with one attached hydrogen (secondary N) is 1. The number of halogens is 2. The molecule has 0 bridgehead atoms. The topological polar surface area (TPSA) is 84.9 Å². The molecule has 0 heterocycles. The van der Waals surface area contributed by atoms with Crippen molar-refractivity contribution in [2.24, 2.45) is 0 Å². The van der Waals surface area contributed by atoms with Crippen molar-refractivity contribution in [1.82, 2.24) is 0 Å². The number of ether oxygens (including phenoxy) is 2. The highest BCUT2D eigenvalue weighted by atomic mass is 127. The molecule has 0 fully saturated rings. The molecule has 0 atom stereocenters. The molecule has 0 spiro atoms. The number of amides is 1. The Hall–Kier alpha value is -2.86. The minimum Gasteiger partial charge on any atom is -0.493 e. The molecule has 3 rings (SSSR count). The summed E-state index contributed by atoms with van der Waals surface area (Å²) in [5.41, 5.74) is 0.734. The zero-order chi connectivity index (χ0) is 24.2. The van der Waals surface area contributed by atoms with E-state index in [2.05, 4.69) is 27.9 Å². The van der Waals surface area contributed by atoms with Crippen LogP contribution in [0.3, 0.4) is 0 Å². The van der Waals surface area contributed by atoms with Crippen LogP contribution in [0.4, 0.5) is 15.8 Å². The summed E-state index contributed by atoms with van der Waals surface area (Å²) in [7, 11) is -1.12. The van der Waals surface area contributed by atoms with Crippen LogP contribution in [0, 0.1) is 9.39 Å². The van der Waals surface area contributed by atoms with E-state index in [0.717, 1.165) is 14.1 Å². The first-order valence-corrected chi connectivity index (χ1v) is 12.6. The van der Waals surface area contributed by atoms with Gasteiger partial charge in [0, 0.05) is 20.9 Å². The first kappa shape index (κ1) is 24.8. The summed E-state index contributed by atoms with van der Waals surface area (Å²) < 4.78 is 52.5. The van der Waals surface area contributed by atoms with Crippen molar-refractivity contribution in [3.63, 3.8) is 0 Å². The Kier molecular flexibility index (Phi) is 7.80. The fourth-order valence-electron chi connectivity index (χ4n) is 3.15. The van der Waals surface area contributed by atoms with Crippen LogP contribution in [0.5, 0.6) is 11.5 Å². The van der Waals surface area contributed by atoms with Gasteiger partial charge in [-0.15, -0.1) is 0 Å². The lowest BCUT2D eigenvalue weighted by Gasteiger charge is -2.26. The van der Waals surface area contributed by atoms with Gasteiger partial charge in [-0.1, -0.05) is 18.2 Å². The fraction of sp³-hybridized carbons (Fsp3) is 0.174. The third-order valence-corrected chi connectivity index (χ3v) is 6.64. The van der Waals surface area contributed by atoms with E-state index in [9.17, 15) is 17.6 Å². The summed E-state index contributed by atoms with van der Waals surface area (Å²) in [5.74, 6) is -0.653. The molecule has 3 aromatic carbocycles. The van der Waals surface area contributed by atoms with Crippen molar-refractivity contribution in [2.45, 2.75) is 6.54 Å². The number of benzene rings is 3. The number of rotatable bonds is 8. The lowest BCUT2D eigenvalue weighted by molar-refractivity contribution is 0.102. The van der Waals surface area contributed by atoms with E-state index in [0.29, 0.717) is 5.69 Å². The predicted molar refractivity (Wildman–Crippen MR) is 134 cm³/mol. The zero-order valence-electron chi connectivity index (χ0n) is 18.1. The molecule has 0 aromatic heterocycles. The Balaban J connectivity index is 2.14. The summed E-state index contributed by atoms with van der Waals surface area (Å²) >= 11 is 2.15. The highest BCUT2D eigenvalue weighted by Crippen LogP contribution is 2.37. The monoisotopic (exact) mass is 584 g/mol. The number of carbonyl (C=O) groups excluding carboxylic acids is 1. The molecule has 174 valence electrons. The zero-order valence-corrected chi connectivity index (χ0v) is 21.1. The average Bonchev–Trinajstić information content (AvgIpc) is 2.78. The van der Waals surface area contributed by atoms with Crippen molar-refractivity contribution in [2.75, 3.05) is 30.1 Å².